The highest BCUT2D eigenvalue weighted by molar-refractivity contribution is 5.49. The predicted molar refractivity (Wildman–Crippen MR) is 116 cm³/mol. The van der Waals surface area contributed by atoms with Crippen LogP contribution in [-0.4, -0.2) is 85.7 Å². The quantitative estimate of drug-likeness (QED) is 0.793. The summed E-state index contributed by atoms with van der Waals surface area (Å²) in [6, 6.07) is 12.5. The second kappa shape index (κ2) is 9.17. The third-order valence-corrected chi connectivity index (χ3v) is 5.58. The van der Waals surface area contributed by atoms with Crippen molar-refractivity contribution < 1.29 is 0 Å². The Hall–Kier alpha value is -2.44. The van der Waals surface area contributed by atoms with Gasteiger partial charge in [-0.3, -0.25) is 4.90 Å². The summed E-state index contributed by atoms with van der Waals surface area (Å²) in [6.45, 7) is 9.30. The van der Waals surface area contributed by atoms with Crippen molar-refractivity contribution in [3.8, 4) is 0 Å². The van der Waals surface area contributed by atoms with Gasteiger partial charge < -0.3 is 14.7 Å². The van der Waals surface area contributed by atoms with Gasteiger partial charge in [-0.15, -0.1) is 0 Å². The molecule has 3 heterocycles. The Labute approximate surface area is 168 Å². The Kier molecular flexibility index (Phi) is 6.19. The van der Waals surface area contributed by atoms with E-state index in [1.54, 1.807) is 0 Å². The number of nitrogens with zero attached hydrogens (tertiary/aromatic N) is 6. The van der Waals surface area contributed by atoms with E-state index in [4.69, 9.17) is 4.98 Å². The van der Waals surface area contributed by atoms with E-state index in [0.717, 1.165) is 70.7 Å². The van der Waals surface area contributed by atoms with Gasteiger partial charge in [-0.05, 0) is 18.7 Å². The van der Waals surface area contributed by atoms with E-state index in [9.17, 15) is 0 Å². The molecule has 0 aliphatic carbocycles. The highest BCUT2D eigenvalue weighted by Gasteiger charge is 2.20. The van der Waals surface area contributed by atoms with E-state index in [0.29, 0.717) is 0 Å². The van der Waals surface area contributed by atoms with E-state index in [-0.39, 0.29) is 0 Å². The smallest absolute Gasteiger partial charge is 0.227 e. The van der Waals surface area contributed by atoms with Crippen LogP contribution in [0.3, 0.4) is 0 Å². The monoisotopic (exact) mass is 378 g/mol. The van der Waals surface area contributed by atoms with Crippen LogP contribution >= 0.6 is 0 Å². The van der Waals surface area contributed by atoms with Crippen LogP contribution in [0.1, 0.15) is 5.56 Å². The average Bonchev–Trinajstić information content (AvgIpc) is 2.76. The first-order chi connectivity index (χ1) is 13.8. The summed E-state index contributed by atoms with van der Waals surface area (Å²) < 4.78 is 0. The van der Waals surface area contributed by atoms with Gasteiger partial charge in [0.05, 0.1) is 0 Å². The zero-order chi connectivity index (χ0) is 19.2. The molecule has 0 saturated carbocycles. The number of benzene rings is 1. The molecule has 6 heteroatoms. The summed E-state index contributed by atoms with van der Waals surface area (Å²) in [7, 11) is 2.17. The molecule has 0 unspecified atom stereocenters. The molecule has 6 nitrogen and oxygen atoms in total. The van der Waals surface area contributed by atoms with Crippen molar-refractivity contribution in [1.82, 2.24) is 19.8 Å². The van der Waals surface area contributed by atoms with Gasteiger partial charge in [0, 0.05) is 65.1 Å². The van der Waals surface area contributed by atoms with Crippen LogP contribution in [0.4, 0.5) is 11.8 Å². The summed E-state index contributed by atoms with van der Waals surface area (Å²) in [6.07, 6.45) is 6.38. The molecule has 0 atom stereocenters. The predicted octanol–water partition coefficient (Wildman–Crippen LogP) is 2.06. The van der Waals surface area contributed by atoms with Gasteiger partial charge in [-0.25, -0.2) is 4.98 Å². The summed E-state index contributed by atoms with van der Waals surface area (Å²) >= 11 is 0. The lowest BCUT2D eigenvalue weighted by Gasteiger charge is -2.36. The Balaban J connectivity index is 1.29. The zero-order valence-electron chi connectivity index (χ0n) is 16.7. The van der Waals surface area contributed by atoms with Crippen LogP contribution < -0.4 is 9.80 Å². The van der Waals surface area contributed by atoms with E-state index in [2.05, 4.69) is 74.1 Å². The summed E-state index contributed by atoms with van der Waals surface area (Å²) in [5, 5.41) is 0. The van der Waals surface area contributed by atoms with Crippen LogP contribution in [-0.2, 0) is 0 Å². The molecule has 1 aromatic heterocycles. The number of anilines is 2. The van der Waals surface area contributed by atoms with Crippen molar-refractivity contribution in [2.24, 2.45) is 0 Å². The molecule has 0 amide bonds. The molecule has 148 valence electrons. The fraction of sp³-hybridized carbons (Fsp3) is 0.455. The lowest BCUT2D eigenvalue weighted by atomic mass is 10.2. The minimum Gasteiger partial charge on any atom is -0.354 e. The summed E-state index contributed by atoms with van der Waals surface area (Å²) in [4.78, 5) is 18.9. The Bertz CT molecular complexity index is 762. The van der Waals surface area contributed by atoms with Gasteiger partial charge in [-0.1, -0.05) is 42.5 Å². The minimum atomic E-state index is 0.874. The van der Waals surface area contributed by atoms with Crippen LogP contribution in [0, 0.1) is 0 Å². The largest absolute Gasteiger partial charge is 0.354 e. The number of likely N-dealkylation sites (N-methyl/N-ethyl adjacent to an activating group) is 1. The molecular formula is C22H30N6. The standard InChI is InChI=1S/C22H30N6/c1-25-12-16-28(17-13-25)22-23-10-9-21(24-22)27-18-14-26(15-19-27)11-5-8-20-6-3-2-4-7-20/h2-10H,11-19H2,1H3/b8-5+. The van der Waals surface area contributed by atoms with Crippen LogP contribution in [0.15, 0.2) is 48.7 Å². The first-order valence-electron chi connectivity index (χ1n) is 10.2. The SMILES string of the molecule is CN1CCN(c2nccc(N3CCN(C/C=C/c4ccccc4)CC3)n2)CC1. The zero-order valence-corrected chi connectivity index (χ0v) is 16.7. The molecule has 0 N–H and O–H groups in total. The van der Waals surface area contributed by atoms with Crippen molar-refractivity contribution in [3.63, 3.8) is 0 Å². The molecule has 1 aromatic carbocycles. The highest BCUT2D eigenvalue weighted by atomic mass is 15.3. The third kappa shape index (κ3) is 4.88. The van der Waals surface area contributed by atoms with Gasteiger partial charge >= 0.3 is 0 Å². The molecule has 2 saturated heterocycles. The first kappa shape index (κ1) is 18.9. The number of piperazine rings is 2. The molecule has 2 aliphatic rings. The molecule has 28 heavy (non-hydrogen) atoms. The van der Waals surface area contributed by atoms with Gasteiger partial charge in [-0.2, -0.15) is 4.98 Å². The lowest BCUT2D eigenvalue weighted by molar-refractivity contribution is 0.283. The number of hydrogen-bond donors (Lipinski definition) is 0. The van der Waals surface area contributed by atoms with E-state index in [1.165, 1.54) is 5.56 Å². The van der Waals surface area contributed by atoms with Crippen molar-refractivity contribution in [2.75, 3.05) is 75.8 Å². The maximum Gasteiger partial charge on any atom is 0.227 e. The van der Waals surface area contributed by atoms with Gasteiger partial charge in [0.2, 0.25) is 5.95 Å². The van der Waals surface area contributed by atoms with E-state index in [1.807, 2.05) is 12.3 Å². The van der Waals surface area contributed by atoms with Crippen molar-refractivity contribution in [2.45, 2.75) is 0 Å². The van der Waals surface area contributed by atoms with Crippen molar-refractivity contribution in [1.29, 1.82) is 0 Å². The maximum atomic E-state index is 4.86. The number of hydrogen-bond acceptors (Lipinski definition) is 6. The normalized spacial score (nSPS) is 19.5. The average molecular weight is 379 g/mol. The first-order valence-corrected chi connectivity index (χ1v) is 10.2. The fourth-order valence-corrected chi connectivity index (χ4v) is 3.74. The van der Waals surface area contributed by atoms with Gasteiger partial charge in [0.25, 0.3) is 0 Å². The lowest BCUT2D eigenvalue weighted by Crippen LogP contribution is -2.47. The van der Waals surface area contributed by atoms with Crippen molar-refractivity contribution >= 4 is 17.8 Å². The maximum absolute atomic E-state index is 4.86. The second-order valence-corrected chi connectivity index (χ2v) is 7.61. The summed E-state index contributed by atoms with van der Waals surface area (Å²) in [5.74, 6) is 1.93. The van der Waals surface area contributed by atoms with Crippen molar-refractivity contribution in [3.05, 3.63) is 54.2 Å². The van der Waals surface area contributed by atoms with Gasteiger partial charge in [0.1, 0.15) is 5.82 Å². The second-order valence-electron chi connectivity index (χ2n) is 7.61. The van der Waals surface area contributed by atoms with E-state index < -0.39 is 0 Å². The topological polar surface area (TPSA) is 38.7 Å². The number of aromatic nitrogens is 2. The van der Waals surface area contributed by atoms with Crippen LogP contribution in [0.5, 0.6) is 0 Å². The van der Waals surface area contributed by atoms with E-state index >= 15 is 0 Å². The molecule has 0 spiro atoms. The summed E-state index contributed by atoms with van der Waals surface area (Å²) in [5.41, 5.74) is 1.26. The highest BCUT2D eigenvalue weighted by Crippen LogP contribution is 2.18. The molecule has 2 aromatic rings. The number of rotatable bonds is 5. The Morgan fingerprint density at radius 2 is 1.57 bits per heavy atom. The molecule has 0 radical (unpaired) electrons. The van der Waals surface area contributed by atoms with Crippen LogP contribution in [0.25, 0.3) is 6.08 Å². The third-order valence-electron chi connectivity index (χ3n) is 5.58. The van der Waals surface area contributed by atoms with Gasteiger partial charge in [0.15, 0.2) is 0 Å². The Morgan fingerprint density at radius 3 is 2.32 bits per heavy atom. The molecule has 2 aliphatic heterocycles. The molecule has 0 bridgehead atoms. The fourth-order valence-electron chi connectivity index (χ4n) is 3.74. The Morgan fingerprint density at radius 1 is 0.857 bits per heavy atom. The molecule has 2 fully saturated rings. The molecular weight excluding hydrogens is 348 g/mol. The van der Waals surface area contributed by atoms with Crippen LogP contribution in [0.2, 0.25) is 0 Å². The minimum absolute atomic E-state index is 0.874. The molecule has 4 rings (SSSR count).